The van der Waals surface area contributed by atoms with Crippen molar-refractivity contribution >= 4 is 45.1 Å². The summed E-state index contributed by atoms with van der Waals surface area (Å²) in [5.41, 5.74) is 10.2. The number of hydrogen-bond acceptors (Lipinski definition) is 10. The highest BCUT2D eigenvalue weighted by Crippen LogP contribution is 2.38. The molecule has 0 saturated heterocycles. The van der Waals surface area contributed by atoms with Crippen LogP contribution in [0.25, 0.3) is 11.1 Å². The molecule has 1 amide bonds. The van der Waals surface area contributed by atoms with Crippen molar-refractivity contribution in [2.45, 2.75) is 62.1 Å². The number of nitrogens with one attached hydrogen (secondary N) is 2. The Kier molecular flexibility index (Phi) is 10.1. The number of amides is 1. The number of anilines is 3. The number of thioether (sulfide) groups is 1. The van der Waals surface area contributed by atoms with E-state index < -0.39 is 15.3 Å². The van der Waals surface area contributed by atoms with Crippen LogP contribution in [0.15, 0.2) is 64.5 Å². The number of pyridine rings is 1. The fraction of sp³-hybridized carbons (Fsp3) is 0.250. The van der Waals surface area contributed by atoms with Gasteiger partial charge in [-0.25, -0.2) is 28.1 Å². The minimum absolute atomic E-state index is 0.0304. The Hall–Kier alpha value is -4.98. The normalized spacial score (nSPS) is 11.8. The monoisotopic (exact) mass is 640 g/mol. The maximum Gasteiger partial charge on any atom is 0.264 e. The molecule has 4 N–H and O–H groups in total. The van der Waals surface area contributed by atoms with E-state index in [1.54, 1.807) is 19.9 Å². The van der Waals surface area contributed by atoms with E-state index in [0.717, 1.165) is 17.3 Å². The van der Waals surface area contributed by atoms with Gasteiger partial charge in [0, 0.05) is 22.6 Å². The summed E-state index contributed by atoms with van der Waals surface area (Å²) in [5, 5.41) is 22.4. The first kappa shape index (κ1) is 32.9. The van der Waals surface area contributed by atoms with Crippen LogP contribution in [0.4, 0.5) is 17.5 Å². The average molecular weight is 641 g/mol. The van der Waals surface area contributed by atoms with Crippen LogP contribution in [0.2, 0.25) is 0 Å². The molecule has 0 bridgehead atoms. The van der Waals surface area contributed by atoms with E-state index in [9.17, 15) is 23.7 Å². The summed E-state index contributed by atoms with van der Waals surface area (Å²) in [6.45, 7) is 9.44. The summed E-state index contributed by atoms with van der Waals surface area (Å²) in [7, 11) is -3.97. The van der Waals surface area contributed by atoms with Crippen molar-refractivity contribution in [3.05, 3.63) is 82.7 Å². The second-order valence-electron chi connectivity index (χ2n) is 10.5. The molecule has 45 heavy (non-hydrogen) atoms. The van der Waals surface area contributed by atoms with E-state index in [1.807, 2.05) is 31.2 Å². The highest BCUT2D eigenvalue weighted by atomic mass is 32.2. The first-order valence-electron chi connectivity index (χ1n) is 14.0. The van der Waals surface area contributed by atoms with Crippen molar-refractivity contribution in [2.24, 2.45) is 0 Å². The van der Waals surface area contributed by atoms with Crippen LogP contribution < -0.4 is 15.8 Å². The van der Waals surface area contributed by atoms with Crippen molar-refractivity contribution in [1.82, 2.24) is 15.0 Å². The van der Waals surface area contributed by atoms with E-state index in [0.29, 0.717) is 40.5 Å². The zero-order valence-electron chi connectivity index (χ0n) is 25.4. The molecule has 0 radical (unpaired) electrons. The largest absolute Gasteiger partial charge is 0.383 e. The number of nitrogens with two attached hydrogens (primary N) is 1. The maximum absolute atomic E-state index is 13.3. The number of nitrogen functional groups attached to an aromatic ring is 1. The molecule has 0 saturated carbocycles. The van der Waals surface area contributed by atoms with Crippen LogP contribution in [0.1, 0.15) is 61.2 Å². The predicted molar refractivity (Wildman–Crippen MR) is 175 cm³/mol. The Morgan fingerprint density at radius 3 is 2.09 bits per heavy atom. The zero-order chi connectivity index (χ0) is 32.9. The Balaban J connectivity index is 1.56. The summed E-state index contributed by atoms with van der Waals surface area (Å²) in [6.07, 6.45) is 0.383. The molecule has 11 nitrogen and oxygen atoms in total. The fourth-order valence-corrected chi connectivity index (χ4v) is 6.52. The first-order valence-corrected chi connectivity index (χ1v) is 16.4. The molecule has 0 aliphatic rings. The molecule has 0 aliphatic carbocycles. The van der Waals surface area contributed by atoms with Crippen molar-refractivity contribution in [2.75, 3.05) is 15.8 Å². The lowest BCUT2D eigenvalue weighted by atomic mass is 9.94. The van der Waals surface area contributed by atoms with Gasteiger partial charge in [-0.1, -0.05) is 56.8 Å². The van der Waals surface area contributed by atoms with Gasteiger partial charge in [0.1, 0.15) is 28.5 Å². The molecular formula is C32H32N8O3S2. The zero-order valence-corrected chi connectivity index (χ0v) is 27.0. The second kappa shape index (κ2) is 13.8. The Morgan fingerprint density at radius 2 is 1.56 bits per heavy atom. The van der Waals surface area contributed by atoms with Gasteiger partial charge in [0.2, 0.25) is 11.9 Å². The fourth-order valence-electron chi connectivity index (χ4n) is 4.55. The number of carbonyl (C=O) groups excluding carboxylic acids is 1. The van der Waals surface area contributed by atoms with Gasteiger partial charge in [0.05, 0.1) is 15.7 Å². The maximum atomic E-state index is 13.3. The van der Waals surface area contributed by atoms with Gasteiger partial charge in [-0.3, -0.25) is 4.79 Å². The lowest BCUT2D eigenvalue weighted by molar-refractivity contribution is -0.115. The number of sulfonamides is 1. The number of nitriles is 2. The highest BCUT2D eigenvalue weighted by molar-refractivity contribution is 8.00. The Morgan fingerprint density at radius 1 is 0.956 bits per heavy atom. The number of nitrogens with zero attached hydrogens (tertiary/aromatic N) is 5. The lowest BCUT2D eigenvalue weighted by Gasteiger charge is -2.18. The molecule has 0 spiro atoms. The van der Waals surface area contributed by atoms with Gasteiger partial charge in [-0.15, -0.1) is 0 Å². The van der Waals surface area contributed by atoms with E-state index in [-0.39, 0.29) is 38.7 Å². The van der Waals surface area contributed by atoms with Crippen LogP contribution in [0.3, 0.4) is 0 Å². The third-order valence-corrected chi connectivity index (χ3v) is 9.53. The number of aryl methyl sites for hydroxylation is 2. The molecule has 1 atom stereocenters. The summed E-state index contributed by atoms with van der Waals surface area (Å²) in [4.78, 5) is 25.9. The molecule has 2 heterocycles. The van der Waals surface area contributed by atoms with Gasteiger partial charge in [-0.2, -0.15) is 10.5 Å². The third-order valence-electron chi connectivity index (χ3n) is 6.84. The molecule has 2 aromatic carbocycles. The van der Waals surface area contributed by atoms with Gasteiger partial charge >= 0.3 is 0 Å². The van der Waals surface area contributed by atoms with E-state index in [2.05, 4.69) is 51.0 Å². The molecule has 1 unspecified atom stereocenters. The molecule has 13 heteroatoms. The van der Waals surface area contributed by atoms with E-state index in [1.165, 1.54) is 24.3 Å². The Bertz CT molecular complexity index is 1910. The summed E-state index contributed by atoms with van der Waals surface area (Å²) in [5.74, 6) is -0.139. The summed E-state index contributed by atoms with van der Waals surface area (Å²) < 4.78 is 28.1. The van der Waals surface area contributed by atoms with Crippen LogP contribution in [0.5, 0.6) is 0 Å². The van der Waals surface area contributed by atoms with Crippen molar-refractivity contribution in [1.29, 1.82) is 10.5 Å². The second-order valence-corrected chi connectivity index (χ2v) is 13.4. The van der Waals surface area contributed by atoms with Crippen LogP contribution >= 0.6 is 11.8 Å². The quantitative estimate of drug-likeness (QED) is 0.176. The SMILES string of the molecule is CCC(Sc1nc(N)c(C#N)c(-c2ccc(C(C)C)cc2)c1C#N)C(=O)Nc1ccc(S(=O)(=O)Nc2nc(C)cc(C)n2)cc1. The van der Waals surface area contributed by atoms with Crippen LogP contribution in [-0.2, 0) is 14.8 Å². The van der Waals surface area contributed by atoms with Crippen molar-refractivity contribution in [3.8, 4) is 23.3 Å². The van der Waals surface area contributed by atoms with E-state index in [4.69, 9.17) is 5.73 Å². The van der Waals surface area contributed by atoms with Gasteiger partial charge in [0.15, 0.2) is 0 Å². The van der Waals surface area contributed by atoms with Crippen LogP contribution in [0, 0.1) is 36.5 Å². The molecule has 4 aromatic rings. The third kappa shape index (κ3) is 7.58. The molecule has 230 valence electrons. The lowest BCUT2D eigenvalue weighted by Crippen LogP contribution is -2.25. The molecule has 0 aliphatic heterocycles. The number of carbonyl (C=O) groups is 1. The molecular weight excluding hydrogens is 609 g/mol. The number of rotatable bonds is 10. The average Bonchev–Trinajstić information content (AvgIpc) is 2.99. The topological polar surface area (TPSA) is 188 Å². The van der Waals surface area contributed by atoms with Crippen molar-refractivity contribution in [3.63, 3.8) is 0 Å². The molecule has 4 rings (SSSR count). The molecule has 2 aromatic heterocycles. The van der Waals surface area contributed by atoms with Gasteiger partial charge in [-0.05, 0) is 67.6 Å². The summed E-state index contributed by atoms with van der Waals surface area (Å²) >= 11 is 1.07. The number of benzene rings is 2. The minimum Gasteiger partial charge on any atom is -0.383 e. The highest BCUT2D eigenvalue weighted by Gasteiger charge is 2.26. The smallest absolute Gasteiger partial charge is 0.264 e. The number of aromatic nitrogens is 3. The van der Waals surface area contributed by atoms with Crippen molar-refractivity contribution < 1.29 is 13.2 Å². The predicted octanol–water partition coefficient (Wildman–Crippen LogP) is 5.91. The minimum atomic E-state index is -3.97. The summed E-state index contributed by atoms with van der Waals surface area (Å²) in [6, 6.07) is 19.2. The van der Waals surface area contributed by atoms with Gasteiger partial charge < -0.3 is 11.1 Å². The standard InChI is InChI=1S/C32H32N8O3S2/c1-6-27(30(41)38-23-11-13-24(14-12-23)45(42,43)40-32-36-19(4)15-20(5)37-32)44-31-26(17-34)28(25(16-33)29(35)39-31)22-9-7-21(8-10-22)18(2)3/h7-15,18,27H,6H2,1-5H3,(H2,35,39)(H,38,41)(H,36,37,40). The van der Waals surface area contributed by atoms with E-state index >= 15 is 0 Å². The molecule has 0 fully saturated rings. The van der Waals surface area contributed by atoms with Gasteiger partial charge in [0.25, 0.3) is 10.0 Å². The van der Waals surface area contributed by atoms with Crippen LogP contribution in [-0.4, -0.2) is 34.5 Å². The Labute approximate surface area is 267 Å². The first-order chi connectivity index (χ1) is 21.4. The number of hydrogen-bond donors (Lipinski definition) is 3.